The standard InChI is InChI=1S/C17H21N5O2.HI/c18-17(21-13-4-6-22-7-5-19-16(22)11-13)20-12-2-3-14-15(10-12)24-9-1-8-23-14;/h2-3,5,7,10,13H,1,4,6,8-9,11H2,(H3,18,20,21);1H. The molecule has 2 aliphatic rings. The number of aliphatic imine (C=N–C) groups is 1. The predicted molar refractivity (Wildman–Crippen MR) is 107 cm³/mol. The third-order valence-corrected chi connectivity index (χ3v) is 4.26. The lowest BCUT2D eigenvalue weighted by Crippen LogP contribution is -2.29. The molecule has 4 rings (SSSR count). The minimum Gasteiger partial charge on any atom is -0.490 e. The average Bonchev–Trinajstić information content (AvgIpc) is 2.91. The number of hydrogen-bond donors (Lipinski definition) is 2. The van der Waals surface area contributed by atoms with Gasteiger partial charge in [0.2, 0.25) is 0 Å². The zero-order valence-corrected chi connectivity index (χ0v) is 16.2. The van der Waals surface area contributed by atoms with Gasteiger partial charge in [-0.25, -0.2) is 9.98 Å². The van der Waals surface area contributed by atoms with Crippen molar-refractivity contribution in [3.05, 3.63) is 36.4 Å². The van der Waals surface area contributed by atoms with Crippen molar-refractivity contribution < 1.29 is 9.47 Å². The Kier molecular flexibility index (Phi) is 5.67. The van der Waals surface area contributed by atoms with Crippen LogP contribution in [0.25, 0.3) is 0 Å². The van der Waals surface area contributed by atoms with Crippen LogP contribution < -0.4 is 20.5 Å². The fourth-order valence-electron chi connectivity index (χ4n) is 3.06. The van der Waals surface area contributed by atoms with Crippen molar-refractivity contribution in [3.63, 3.8) is 0 Å². The monoisotopic (exact) mass is 455 g/mol. The summed E-state index contributed by atoms with van der Waals surface area (Å²) in [5.74, 6) is 2.99. The molecule has 0 amide bonds. The van der Waals surface area contributed by atoms with Gasteiger partial charge in [0.15, 0.2) is 17.5 Å². The van der Waals surface area contributed by atoms with E-state index in [1.165, 1.54) is 0 Å². The smallest absolute Gasteiger partial charge is 0.193 e. The third-order valence-electron chi connectivity index (χ3n) is 4.26. The molecule has 8 heteroatoms. The van der Waals surface area contributed by atoms with E-state index in [-0.39, 0.29) is 30.0 Å². The highest BCUT2D eigenvalue weighted by atomic mass is 127. The number of nitrogens with zero attached hydrogens (tertiary/aromatic N) is 3. The van der Waals surface area contributed by atoms with Crippen molar-refractivity contribution in [2.45, 2.75) is 31.8 Å². The summed E-state index contributed by atoms with van der Waals surface area (Å²) in [6.45, 7) is 2.27. The van der Waals surface area contributed by atoms with Gasteiger partial charge >= 0.3 is 0 Å². The number of hydrogen-bond acceptors (Lipinski definition) is 4. The van der Waals surface area contributed by atoms with Crippen molar-refractivity contribution in [2.24, 2.45) is 10.7 Å². The van der Waals surface area contributed by atoms with Gasteiger partial charge in [0, 0.05) is 43.5 Å². The van der Waals surface area contributed by atoms with Gasteiger partial charge in [-0.05, 0) is 18.6 Å². The van der Waals surface area contributed by atoms with Gasteiger partial charge in [-0.1, -0.05) is 0 Å². The van der Waals surface area contributed by atoms with Crippen LogP contribution in [0.1, 0.15) is 18.7 Å². The SMILES string of the molecule is I.NC(=NC1CCn2ccnc2C1)Nc1ccc2c(c1)OCCCO2. The van der Waals surface area contributed by atoms with Gasteiger partial charge < -0.3 is 25.1 Å². The first kappa shape index (κ1) is 17.8. The summed E-state index contributed by atoms with van der Waals surface area (Å²) in [5, 5.41) is 3.14. The maximum absolute atomic E-state index is 6.08. The van der Waals surface area contributed by atoms with Gasteiger partial charge in [-0.2, -0.15) is 0 Å². The third kappa shape index (κ3) is 4.17. The second-order valence-electron chi connectivity index (χ2n) is 6.03. The molecule has 3 heterocycles. The number of ether oxygens (including phenoxy) is 2. The van der Waals surface area contributed by atoms with Crippen molar-refractivity contribution in [1.29, 1.82) is 0 Å². The first-order chi connectivity index (χ1) is 11.8. The van der Waals surface area contributed by atoms with Crippen LogP contribution in [0.5, 0.6) is 11.5 Å². The summed E-state index contributed by atoms with van der Waals surface area (Å²) < 4.78 is 13.5. The van der Waals surface area contributed by atoms with Crippen LogP contribution in [0.2, 0.25) is 0 Å². The molecule has 0 aliphatic carbocycles. The Morgan fingerprint density at radius 1 is 1.28 bits per heavy atom. The van der Waals surface area contributed by atoms with Crippen LogP contribution in [0.3, 0.4) is 0 Å². The lowest BCUT2D eigenvalue weighted by Gasteiger charge is -2.20. The lowest BCUT2D eigenvalue weighted by molar-refractivity contribution is 0.297. The van der Waals surface area contributed by atoms with Crippen LogP contribution in [0, 0.1) is 0 Å². The maximum Gasteiger partial charge on any atom is 0.193 e. The second-order valence-corrected chi connectivity index (χ2v) is 6.03. The number of aromatic nitrogens is 2. The Morgan fingerprint density at radius 3 is 3.00 bits per heavy atom. The molecule has 2 aromatic rings. The number of rotatable bonds is 2. The molecule has 0 saturated heterocycles. The van der Waals surface area contributed by atoms with E-state index in [1.54, 1.807) is 0 Å². The summed E-state index contributed by atoms with van der Waals surface area (Å²) in [4.78, 5) is 8.96. The molecule has 1 aromatic heterocycles. The van der Waals surface area contributed by atoms with Crippen molar-refractivity contribution in [3.8, 4) is 11.5 Å². The van der Waals surface area contributed by atoms with Crippen LogP contribution in [-0.4, -0.2) is 34.8 Å². The summed E-state index contributed by atoms with van der Waals surface area (Å²) >= 11 is 0. The zero-order chi connectivity index (χ0) is 16.4. The Labute approximate surface area is 163 Å². The minimum absolute atomic E-state index is 0. The van der Waals surface area contributed by atoms with Gasteiger partial charge in [0.05, 0.1) is 19.3 Å². The number of imidazole rings is 1. The highest BCUT2D eigenvalue weighted by molar-refractivity contribution is 14.0. The quantitative estimate of drug-likeness (QED) is 0.413. The van der Waals surface area contributed by atoms with Crippen molar-refractivity contribution in [1.82, 2.24) is 9.55 Å². The molecule has 2 aliphatic heterocycles. The van der Waals surface area contributed by atoms with Crippen LogP contribution in [0.15, 0.2) is 35.6 Å². The molecule has 0 radical (unpaired) electrons. The number of guanidine groups is 1. The summed E-state index contributed by atoms with van der Waals surface area (Å²) in [6.07, 6.45) is 6.51. The van der Waals surface area contributed by atoms with Gasteiger partial charge in [0.25, 0.3) is 0 Å². The van der Waals surface area contributed by atoms with Gasteiger partial charge in [-0.3, -0.25) is 0 Å². The van der Waals surface area contributed by atoms with E-state index < -0.39 is 0 Å². The highest BCUT2D eigenvalue weighted by Gasteiger charge is 2.19. The Bertz CT molecular complexity index is 761. The van der Waals surface area contributed by atoms with Crippen molar-refractivity contribution >= 4 is 35.6 Å². The molecule has 134 valence electrons. The number of halogens is 1. The molecule has 0 fully saturated rings. The van der Waals surface area contributed by atoms with Gasteiger partial charge in [0.1, 0.15) is 5.82 Å². The fourth-order valence-corrected chi connectivity index (χ4v) is 3.06. The number of nitrogens with one attached hydrogen (secondary N) is 1. The number of fused-ring (bicyclic) bond motifs is 2. The lowest BCUT2D eigenvalue weighted by atomic mass is 10.1. The van der Waals surface area contributed by atoms with Gasteiger partial charge in [-0.15, -0.1) is 24.0 Å². The van der Waals surface area contributed by atoms with Crippen LogP contribution in [0.4, 0.5) is 5.69 Å². The molecular formula is C17H22IN5O2. The molecular weight excluding hydrogens is 433 g/mol. The largest absolute Gasteiger partial charge is 0.490 e. The molecule has 0 spiro atoms. The maximum atomic E-state index is 6.08. The number of nitrogens with two attached hydrogens (primary N) is 1. The topological polar surface area (TPSA) is 86.7 Å². The van der Waals surface area contributed by atoms with E-state index in [9.17, 15) is 0 Å². The molecule has 0 saturated carbocycles. The van der Waals surface area contributed by atoms with E-state index in [0.717, 1.165) is 48.8 Å². The van der Waals surface area contributed by atoms with E-state index in [1.807, 2.05) is 30.6 Å². The molecule has 1 aromatic carbocycles. The van der Waals surface area contributed by atoms with E-state index in [4.69, 9.17) is 15.2 Å². The molecule has 1 atom stereocenters. The molecule has 25 heavy (non-hydrogen) atoms. The van der Waals surface area contributed by atoms with E-state index in [2.05, 4.69) is 19.9 Å². The molecule has 7 nitrogen and oxygen atoms in total. The first-order valence-electron chi connectivity index (χ1n) is 8.28. The highest BCUT2D eigenvalue weighted by Crippen LogP contribution is 2.32. The molecule has 1 unspecified atom stereocenters. The zero-order valence-electron chi connectivity index (χ0n) is 13.9. The van der Waals surface area contributed by atoms with Crippen LogP contribution in [-0.2, 0) is 13.0 Å². The summed E-state index contributed by atoms with van der Waals surface area (Å²) in [5.41, 5.74) is 6.92. The minimum atomic E-state index is 0. The Balaban J connectivity index is 0.00000182. The number of aryl methyl sites for hydroxylation is 1. The van der Waals surface area contributed by atoms with E-state index >= 15 is 0 Å². The van der Waals surface area contributed by atoms with Crippen LogP contribution >= 0.6 is 24.0 Å². The second kappa shape index (κ2) is 7.94. The van der Waals surface area contributed by atoms with Crippen molar-refractivity contribution in [2.75, 3.05) is 18.5 Å². The average molecular weight is 455 g/mol. The summed E-state index contributed by atoms with van der Waals surface area (Å²) in [7, 11) is 0. The normalized spacial score (nSPS) is 19.4. The number of benzene rings is 1. The van der Waals surface area contributed by atoms with E-state index in [0.29, 0.717) is 19.2 Å². The molecule has 3 N–H and O–H groups in total. The molecule has 0 bridgehead atoms. The Hall–Kier alpha value is -1.97. The first-order valence-corrected chi connectivity index (χ1v) is 8.28. The fraction of sp³-hybridized carbons (Fsp3) is 0.412. The Morgan fingerprint density at radius 2 is 2.12 bits per heavy atom. The number of anilines is 1. The predicted octanol–water partition coefficient (Wildman–Crippen LogP) is 2.40. The summed E-state index contributed by atoms with van der Waals surface area (Å²) in [6, 6.07) is 5.88.